The maximum absolute atomic E-state index is 12.5. The highest BCUT2D eigenvalue weighted by Crippen LogP contribution is 2.21. The first-order valence-corrected chi connectivity index (χ1v) is 9.54. The van der Waals surface area contributed by atoms with E-state index in [0.717, 1.165) is 16.7 Å². The number of nitrogens with zero attached hydrogens (tertiary/aromatic N) is 2. The molecule has 0 saturated carbocycles. The lowest BCUT2D eigenvalue weighted by molar-refractivity contribution is -0.122. The van der Waals surface area contributed by atoms with Crippen LogP contribution in [0.5, 0.6) is 5.88 Å². The second-order valence-electron chi connectivity index (χ2n) is 6.90. The zero-order valence-corrected chi connectivity index (χ0v) is 17.4. The minimum absolute atomic E-state index is 0.174. The smallest absolute Gasteiger partial charge is 0.271 e. The molecule has 150 valence electrons. The van der Waals surface area contributed by atoms with E-state index < -0.39 is 6.10 Å². The van der Waals surface area contributed by atoms with E-state index in [4.69, 9.17) is 16.3 Å². The summed E-state index contributed by atoms with van der Waals surface area (Å²) in [4.78, 5) is 24.8. The van der Waals surface area contributed by atoms with Gasteiger partial charge in [-0.05, 0) is 68.7 Å². The molecule has 0 radical (unpaired) electrons. The molecule has 1 aromatic heterocycles. The summed E-state index contributed by atoms with van der Waals surface area (Å²) in [5.74, 6) is -0.172. The van der Waals surface area contributed by atoms with Crippen molar-refractivity contribution in [3.05, 3.63) is 80.6 Å². The van der Waals surface area contributed by atoms with Crippen LogP contribution in [0.3, 0.4) is 0 Å². The molecule has 7 heteroatoms. The molecule has 3 aromatic rings. The number of ether oxygens (including phenoxy) is 1. The van der Waals surface area contributed by atoms with Crippen LogP contribution in [0.2, 0.25) is 5.02 Å². The Morgan fingerprint density at radius 2 is 1.76 bits per heavy atom. The molecule has 1 N–H and O–H groups in total. The van der Waals surface area contributed by atoms with Crippen LogP contribution in [0, 0.1) is 20.8 Å². The Hall–Kier alpha value is -3.12. The summed E-state index contributed by atoms with van der Waals surface area (Å²) in [5, 5.41) is 7.58. The average Bonchev–Trinajstić information content (AvgIpc) is 2.68. The predicted molar refractivity (Wildman–Crippen MR) is 114 cm³/mol. The van der Waals surface area contributed by atoms with Gasteiger partial charge in [-0.3, -0.25) is 9.59 Å². The quantitative estimate of drug-likeness (QED) is 0.682. The third-order valence-corrected chi connectivity index (χ3v) is 4.87. The van der Waals surface area contributed by atoms with Crippen LogP contribution in [0.15, 0.2) is 53.3 Å². The molecule has 0 fully saturated rings. The van der Waals surface area contributed by atoms with E-state index in [-0.39, 0.29) is 17.3 Å². The highest BCUT2D eigenvalue weighted by molar-refractivity contribution is 6.31. The van der Waals surface area contributed by atoms with Crippen molar-refractivity contribution in [2.45, 2.75) is 33.8 Å². The first kappa shape index (κ1) is 20.6. The molecule has 2 aromatic carbocycles. The summed E-state index contributed by atoms with van der Waals surface area (Å²) in [6.45, 7) is 7.45. The summed E-state index contributed by atoms with van der Waals surface area (Å²) in [7, 11) is 0. The number of amides is 1. The van der Waals surface area contributed by atoms with Crippen molar-refractivity contribution >= 4 is 23.2 Å². The van der Waals surface area contributed by atoms with Crippen LogP contribution in [-0.4, -0.2) is 21.8 Å². The fourth-order valence-electron chi connectivity index (χ4n) is 2.70. The second-order valence-corrected chi connectivity index (χ2v) is 7.34. The third-order valence-electron chi connectivity index (χ3n) is 4.64. The number of carbonyl (C=O) groups excluding carboxylic acids is 1. The van der Waals surface area contributed by atoms with Crippen molar-refractivity contribution in [1.82, 2.24) is 9.78 Å². The molecule has 6 nitrogen and oxygen atoms in total. The number of aryl methyl sites for hydroxylation is 3. The minimum Gasteiger partial charge on any atom is -0.463 e. The Morgan fingerprint density at radius 1 is 1.03 bits per heavy atom. The lowest BCUT2D eigenvalue weighted by Gasteiger charge is -2.16. The highest BCUT2D eigenvalue weighted by atomic mass is 35.5. The molecule has 0 aliphatic heterocycles. The van der Waals surface area contributed by atoms with Gasteiger partial charge in [0.25, 0.3) is 11.5 Å². The first-order chi connectivity index (χ1) is 13.7. The highest BCUT2D eigenvalue weighted by Gasteiger charge is 2.17. The van der Waals surface area contributed by atoms with Crippen LogP contribution in [0.4, 0.5) is 5.69 Å². The van der Waals surface area contributed by atoms with Crippen molar-refractivity contribution in [3.8, 4) is 11.6 Å². The molecule has 0 aliphatic rings. The van der Waals surface area contributed by atoms with Crippen LogP contribution in [0.1, 0.15) is 23.6 Å². The van der Waals surface area contributed by atoms with Gasteiger partial charge in [0.2, 0.25) is 5.88 Å². The first-order valence-electron chi connectivity index (χ1n) is 9.16. The number of aromatic nitrogens is 2. The molecule has 1 heterocycles. The van der Waals surface area contributed by atoms with Crippen LogP contribution in [0.25, 0.3) is 5.69 Å². The van der Waals surface area contributed by atoms with E-state index in [1.165, 1.54) is 16.8 Å². The molecule has 0 unspecified atom stereocenters. The standard InChI is InChI=1S/C22H22ClN3O3/c1-13-6-8-18(11-15(13)3)26-21(27)10-9-20(25-26)29-16(4)22(28)24-19-12-17(23)7-5-14(19)2/h5-12,16H,1-4H3,(H,24,28)/t16-/m1/s1. The number of carbonyl (C=O) groups is 1. The van der Waals surface area contributed by atoms with Gasteiger partial charge in [0, 0.05) is 22.8 Å². The molecule has 0 spiro atoms. The van der Waals surface area contributed by atoms with Gasteiger partial charge in [-0.15, -0.1) is 5.10 Å². The Labute approximate surface area is 174 Å². The summed E-state index contributed by atoms with van der Waals surface area (Å²) in [5.41, 5.74) is 4.02. The lowest BCUT2D eigenvalue weighted by atomic mass is 10.1. The third kappa shape index (κ3) is 4.84. The molecule has 0 bridgehead atoms. The van der Waals surface area contributed by atoms with Crippen LogP contribution < -0.4 is 15.6 Å². The van der Waals surface area contributed by atoms with Gasteiger partial charge in [0.15, 0.2) is 6.10 Å². The molecule has 0 aliphatic carbocycles. The van der Waals surface area contributed by atoms with Crippen LogP contribution in [-0.2, 0) is 4.79 Å². The number of anilines is 1. The van der Waals surface area contributed by atoms with Gasteiger partial charge in [-0.2, -0.15) is 4.68 Å². The van der Waals surface area contributed by atoms with Gasteiger partial charge in [0.1, 0.15) is 0 Å². The summed E-state index contributed by atoms with van der Waals surface area (Å²) in [6.07, 6.45) is -0.827. The summed E-state index contributed by atoms with van der Waals surface area (Å²) < 4.78 is 6.93. The Morgan fingerprint density at radius 3 is 2.48 bits per heavy atom. The largest absolute Gasteiger partial charge is 0.463 e. The maximum atomic E-state index is 12.5. The topological polar surface area (TPSA) is 73.2 Å². The predicted octanol–water partition coefficient (Wildman–Crippen LogP) is 4.22. The zero-order chi connectivity index (χ0) is 21.1. The molecule has 29 heavy (non-hydrogen) atoms. The number of hydrogen-bond donors (Lipinski definition) is 1. The van der Waals surface area contributed by atoms with Crippen molar-refractivity contribution in [2.24, 2.45) is 0 Å². The normalized spacial score (nSPS) is 11.8. The molecule has 1 amide bonds. The van der Waals surface area contributed by atoms with Gasteiger partial charge < -0.3 is 10.1 Å². The van der Waals surface area contributed by atoms with E-state index in [2.05, 4.69) is 10.4 Å². The number of hydrogen-bond acceptors (Lipinski definition) is 4. The lowest BCUT2D eigenvalue weighted by Crippen LogP contribution is -2.31. The molecular formula is C22H22ClN3O3. The number of nitrogens with one attached hydrogen (secondary N) is 1. The molecule has 1 atom stereocenters. The Balaban J connectivity index is 1.79. The van der Waals surface area contributed by atoms with E-state index in [1.54, 1.807) is 19.1 Å². The van der Waals surface area contributed by atoms with E-state index in [9.17, 15) is 9.59 Å². The van der Waals surface area contributed by atoms with Gasteiger partial charge in [-0.25, -0.2) is 0 Å². The van der Waals surface area contributed by atoms with Crippen LogP contribution >= 0.6 is 11.6 Å². The Kier molecular flexibility index (Phi) is 6.03. The van der Waals surface area contributed by atoms with Crippen molar-refractivity contribution in [3.63, 3.8) is 0 Å². The summed E-state index contributed by atoms with van der Waals surface area (Å²) >= 11 is 6.00. The van der Waals surface area contributed by atoms with E-state index in [1.807, 2.05) is 45.0 Å². The molecule has 0 saturated heterocycles. The fourth-order valence-corrected chi connectivity index (χ4v) is 2.87. The van der Waals surface area contributed by atoms with E-state index in [0.29, 0.717) is 16.4 Å². The maximum Gasteiger partial charge on any atom is 0.271 e. The zero-order valence-electron chi connectivity index (χ0n) is 16.7. The number of rotatable bonds is 5. The van der Waals surface area contributed by atoms with Crippen molar-refractivity contribution in [2.75, 3.05) is 5.32 Å². The monoisotopic (exact) mass is 411 g/mol. The van der Waals surface area contributed by atoms with Crippen molar-refractivity contribution < 1.29 is 9.53 Å². The average molecular weight is 412 g/mol. The fraction of sp³-hybridized carbons (Fsp3) is 0.227. The summed E-state index contributed by atoms with van der Waals surface area (Å²) in [6, 6.07) is 13.7. The molecule has 3 rings (SSSR count). The van der Waals surface area contributed by atoms with E-state index >= 15 is 0 Å². The van der Waals surface area contributed by atoms with Gasteiger partial charge in [-0.1, -0.05) is 23.7 Å². The molecular weight excluding hydrogens is 390 g/mol. The second kappa shape index (κ2) is 8.49. The van der Waals surface area contributed by atoms with Gasteiger partial charge in [0.05, 0.1) is 5.69 Å². The van der Waals surface area contributed by atoms with Crippen molar-refractivity contribution in [1.29, 1.82) is 0 Å². The number of benzene rings is 2. The minimum atomic E-state index is -0.827. The number of halogens is 1. The SMILES string of the molecule is Cc1ccc(-n2nc(O[C@H](C)C(=O)Nc3cc(Cl)ccc3C)ccc2=O)cc1C. The Bertz CT molecular complexity index is 1120. The van der Waals surface area contributed by atoms with Gasteiger partial charge >= 0.3 is 0 Å².